The van der Waals surface area contributed by atoms with Crippen LogP contribution < -0.4 is 4.74 Å². The minimum Gasteiger partial charge on any atom is -0.491 e. The van der Waals surface area contributed by atoms with Gasteiger partial charge >= 0.3 is 0 Å². The van der Waals surface area contributed by atoms with Crippen molar-refractivity contribution in [2.75, 3.05) is 0 Å². The summed E-state index contributed by atoms with van der Waals surface area (Å²) in [5.41, 5.74) is 1.25. The average Bonchev–Trinajstić information content (AvgIpc) is 2.75. The van der Waals surface area contributed by atoms with E-state index < -0.39 is 0 Å². The molecule has 0 spiro atoms. The highest BCUT2D eigenvalue weighted by Crippen LogP contribution is 2.48. The Morgan fingerprint density at radius 1 is 1.20 bits per heavy atom. The summed E-state index contributed by atoms with van der Waals surface area (Å²) < 4.78 is 11.2. The lowest BCUT2D eigenvalue weighted by Crippen LogP contribution is -2.05. The number of ether oxygens (including phenoxy) is 2. The summed E-state index contributed by atoms with van der Waals surface area (Å²) in [5.74, 6) is 0.923. The van der Waals surface area contributed by atoms with E-state index in [0.717, 1.165) is 5.75 Å². The minimum absolute atomic E-state index is 0.0143. The van der Waals surface area contributed by atoms with Gasteiger partial charge in [-0.05, 0) is 45.4 Å². The summed E-state index contributed by atoms with van der Waals surface area (Å²) in [7, 11) is 0. The molecule has 0 aromatic heterocycles. The Labute approximate surface area is 91.2 Å². The van der Waals surface area contributed by atoms with Crippen LogP contribution in [0.25, 0.3) is 0 Å². The van der Waals surface area contributed by atoms with Crippen LogP contribution in [0.1, 0.15) is 39.4 Å². The van der Waals surface area contributed by atoms with Crippen LogP contribution in [0.4, 0.5) is 0 Å². The SMILES string of the molecule is CC(C)Oc1ccc(C2OC2(C)C)cc1. The molecule has 1 heterocycles. The van der Waals surface area contributed by atoms with Crippen molar-refractivity contribution in [1.82, 2.24) is 0 Å². The third-order valence-electron chi connectivity index (χ3n) is 2.55. The lowest BCUT2D eigenvalue weighted by atomic mass is 10.0. The second-order valence-electron chi connectivity index (χ2n) is 4.84. The molecule has 2 nitrogen and oxygen atoms in total. The number of rotatable bonds is 3. The van der Waals surface area contributed by atoms with Crippen LogP contribution in [0.15, 0.2) is 24.3 Å². The first kappa shape index (κ1) is 10.5. The second-order valence-corrected chi connectivity index (χ2v) is 4.84. The normalized spacial score (nSPS) is 22.9. The van der Waals surface area contributed by atoms with Gasteiger partial charge in [0, 0.05) is 0 Å². The van der Waals surface area contributed by atoms with Crippen molar-refractivity contribution < 1.29 is 9.47 Å². The highest BCUT2D eigenvalue weighted by molar-refractivity contribution is 5.32. The van der Waals surface area contributed by atoms with Crippen molar-refractivity contribution in [3.63, 3.8) is 0 Å². The van der Waals surface area contributed by atoms with E-state index in [2.05, 4.69) is 26.0 Å². The molecule has 1 fully saturated rings. The minimum atomic E-state index is 0.0143. The molecule has 0 saturated carbocycles. The number of hydrogen-bond acceptors (Lipinski definition) is 2. The molecule has 2 heteroatoms. The molecular formula is C13H18O2. The van der Waals surface area contributed by atoms with Crippen LogP contribution in [0, 0.1) is 0 Å². The van der Waals surface area contributed by atoms with E-state index >= 15 is 0 Å². The first-order chi connectivity index (χ1) is 6.99. The van der Waals surface area contributed by atoms with Gasteiger partial charge < -0.3 is 9.47 Å². The smallest absolute Gasteiger partial charge is 0.119 e. The monoisotopic (exact) mass is 206 g/mol. The molecule has 1 aromatic carbocycles. The second kappa shape index (κ2) is 3.53. The molecule has 0 aliphatic carbocycles. The molecule has 2 rings (SSSR count). The fraction of sp³-hybridized carbons (Fsp3) is 0.538. The Morgan fingerprint density at radius 3 is 2.13 bits per heavy atom. The highest BCUT2D eigenvalue weighted by Gasteiger charge is 2.48. The Balaban J connectivity index is 2.05. The van der Waals surface area contributed by atoms with Gasteiger partial charge in [0.1, 0.15) is 11.9 Å². The molecule has 0 bridgehead atoms. The molecule has 1 saturated heterocycles. The maximum Gasteiger partial charge on any atom is 0.119 e. The molecule has 1 unspecified atom stereocenters. The van der Waals surface area contributed by atoms with Gasteiger partial charge in [-0.1, -0.05) is 12.1 Å². The van der Waals surface area contributed by atoms with Gasteiger partial charge in [-0.3, -0.25) is 0 Å². The van der Waals surface area contributed by atoms with Crippen molar-refractivity contribution in [2.24, 2.45) is 0 Å². The van der Waals surface area contributed by atoms with Gasteiger partial charge in [-0.25, -0.2) is 0 Å². The fourth-order valence-corrected chi connectivity index (χ4v) is 1.73. The van der Waals surface area contributed by atoms with E-state index in [9.17, 15) is 0 Å². The zero-order valence-electron chi connectivity index (χ0n) is 9.78. The molecule has 1 aliphatic heterocycles. The van der Waals surface area contributed by atoms with E-state index in [1.165, 1.54) is 5.56 Å². The molecule has 0 N–H and O–H groups in total. The standard InChI is InChI=1S/C13H18O2/c1-9(2)14-11-7-5-10(6-8-11)12-13(3,4)15-12/h5-9,12H,1-4H3. The van der Waals surface area contributed by atoms with Crippen LogP contribution in [0.5, 0.6) is 5.75 Å². The van der Waals surface area contributed by atoms with Gasteiger partial charge in [0.25, 0.3) is 0 Å². The summed E-state index contributed by atoms with van der Waals surface area (Å²) in [5, 5.41) is 0. The Hall–Kier alpha value is -1.02. The summed E-state index contributed by atoms with van der Waals surface area (Å²) in [6, 6.07) is 8.18. The summed E-state index contributed by atoms with van der Waals surface area (Å²) >= 11 is 0. The lowest BCUT2D eigenvalue weighted by molar-refractivity contribution is 0.242. The molecule has 0 amide bonds. The quantitative estimate of drug-likeness (QED) is 0.708. The van der Waals surface area contributed by atoms with Crippen LogP contribution in [-0.4, -0.2) is 11.7 Å². The first-order valence-corrected chi connectivity index (χ1v) is 5.43. The Morgan fingerprint density at radius 2 is 1.73 bits per heavy atom. The van der Waals surface area contributed by atoms with Gasteiger partial charge in [-0.15, -0.1) is 0 Å². The van der Waals surface area contributed by atoms with Crippen molar-refractivity contribution in [3.05, 3.63) is 29.8 Å². The summed E-state index contributed by atoms with van der Waals surface area (Å²) in [6.07, 6.45) is 0.482. The summed E-state index contributed by atoms with van der Waals surface area (Å²) in [6.45, 7) is 8.27. The maximum absolute atomic E-state index is 5.58. The van der Waals surface area contributed by atoms with Gasteiger partial charge in [-0.2, -0.15) is 0 Å². The van der Waals surface area contributed by atoms with E-state index in [0.29, 0.717) is 0 Å². The molecule has 1 aliphatic rings. The van der Waals surface area contributed by atoms with Crippen LogP contribution in [-0.2, 0) is 4.74 Å². The molecule has 1 atom stereocenters. The lowest BCUT2D eigenvalue weighted by Gasteiger charge is -2.09. The number of epoxide rings is 1. The fourth-order valence-electron chi connectivity index (χ4n) is 1.73. The number of benzene rings is 1. The topological polar surface area (TPSA) is 21.8 Å². The third-order valence-corrected chi connectivity index (χ3v) is 2.55. The van der Waals surface area contributed by atoms with Crippen LogP contribution in [0.2, 0.25) is 0 Å². The van der Waals surface area contributed by atoms with Crippen LogP contribution >= 0.6 is 0 Å². The highest BCUT2D eigenvalue weighted by atomic mass is 16.6. The van der Waals surface area contributed by atoms with Gasteiger partial charge in [0.05, 0.1) is 11.7 Å². The van der Waals surface area contributed by atoms with Crippen LogP contribution in [0.3, 0.4) is 0 Å². The van der Waals surface area contributed by atoms with Crippen molar-refractivity contribution in [3.8, 4) is 5.75 Å². The van der Waals surface area contributed by atoms with Crippen molar-refractivity contribution in [2.45, 2.75) is 45.5 Å². The Bertz CT molecular complexity index is 338. The van der Waals surface area contributed by atoms with Gasteiger partial charge in [0.15, 0.2) is 0 Å². The third kappa shape index (κ3) is 2.32. The van der Waals surface area contributed by atoms with E-state index in [1.807, 2.05) is 26.0 Å². The Kier molecular flexibility index (Phi) is 2.47. The predicted molar refractivity (Wildman–Crippen MR) is 60.1 cm³/mol. The largest absolute Gasteiger partial charge is 0.491 e. The predicted octanol–water partition coefficient (Wildman–Crippen LogP) is 3.32. The van der Waals surface area contributed by atoms with E-state index in [4.69, 9.17) is 9.47 Å². The molecule has 15 heavy (non-hydrogen) atoms. The molecule has 0 radical (unpaired) electrons. The molecule has 82 valence electrons. The average molecular weight is 206 g/mol. The van der Waals surface area contributed by atoms with E-state index in [-0.39, 0.29) is 17.8 Å². The summed E-state index contributed by atoms with van der Waals surface area (Å²) in [4.78, 5) is 0. The molecular weight excluding hydrogens is 188 g/mol. The zero-order valence-corrected chi connectivity index (χ0v) is 9.78. The maximum atomic E-state index is 5.58. The number of hydrogen-bond donors (Lipinski definition) is 0. The van der Waals surface area contributed by atoms with Crippen molar-refractivity contribution in [1.29, 1.82) is 0 Å². The van der Waals surface area contributed by atoms with Crippen molar-refractivity contribution >= 4 is 0 Å². The van der Waals surface area contributed by atoms with Gasteiger partial charge in [0.2, 0.25) is 0 Å². The first-order valence-electron chi connectivity index (χ1n) is 5.43. The zero-order chi connectivity index (χ0) is 11.1. The molecule has 1 aromatic rings. The van der Waals surface area contributed by atoms with E-state index in [1.54, 1.807) is 0 Å².